The van der Waals surface area contributed by atoms with Crippen molar-refractivity contribution in [2.24, 2.45) is 5.41 Å². The molecule has 2 aliphatic rings. The zero-order valence-electron chi connectivity index (χ0n) is 18.7. The summed E-state index contributed by atoms with van der Waals surface area (Å²) in [6, 6.07) is 7.79. The number of hydrogen-bond donors (Lipinski definition) is 0. The fourth-order valence-electron chi connectivity index (χ4n) is 4.53. The zero-order valence-corrected chi connectivity index (χ0v) is 18.7. The van der Waals surface area contributed by atoms with Crippen LogP contribution in [0.25, 0.3) is 16.7 Å². The number of anilines is 2. The van der Waals surface area contributed by atoms with Gasteiger partial charge in [0.1, 0.15) is 12.1 Å². The van der Waals surface area contributed by atoms with Crippen molar-refractivity contribution >= 4 is 28.2 Å². The third kappa shape index (κ3) is 3.41. The smallest absolute Gasteiger partial charge is 0.261 e. The van der Waals surface area contributed by atoms with Gasteiger partial charge in [0.2, 0.25) is 0 Å². The van der Waals surface area contributed by atoms with Crippen molar-refractivity contribution in [3.8, 4) is 11.8 Å². The van der Waals surface area contributed by atoms with Gasteiger partial charge in [-0.3, -0.25) is 4.40 Å². The molecule has 35 heavy (non-hydrogen) atoms. The van der Waals surface area contributed by atoms with Crippen molar-refractivity contribution in [1.29, 1.82) is 0 Å². The van der Waals surface area contributed by atoms with E-state index in [-0.39, 0.29) is 30.2 Å². The Labute approximate surface area is 197 Å². The molecule has 0 spiro atoms. The third-order valence-corrected chi connectivity index (χ3v) is 6.72. The Morgan fingerprint density at radius 2 is 1.97 bits per heavy atom. The van der Waals surface area contributed by atoms with Crippen LogP contribution in [0.3, 0.4) is 0 Å². The molecule has 0 saturated heterocycles. The fraction of sp³-hybridized carbons (Fsp3) is 0.320. The lowest BCUT2D eigenvalue weighted by Crippen LogP contribution is -2.24. The molecule has 6 rings (SSSR count). The number of rotatable bonds is 2. The second-order valence-corrected chi connectivity index (χ2v) is 8.92. The number of halogens is 4. The number of hydrogen-bond acceptors (Lipinski definition) is 5. The van der Waals surface area contributed by atoms with E-state index >= 15 is 4.39 Å². The Kier molecular flexibility index (Phi) is 4.76. The van der Waals surface area contributed by atoms with Gasteiger partial charge in [0, 0.05) is 30.3 Å². The minimum Gasteiger partial charge on any atom is -0.375 e. The van der Waals surface area contributed by atoms with E-state index in [1.807, 2.05) is 0 Å². The maximum atomic E-state index is 15.2. The van der Waals surface area contributed by atoms with Gasteiger partial charge in [-0.15, -0.1) is 10.2 Å². The first kappa shape index (κ1) is 21.8. The summed E-state index contributed by atoms with van der Waals surface area (Å²) in [5.74, 6) is 1.19. The van der Waals surface area contributed by atoms with Crippen LogP contribution in [0.15, 0.2) is 36.7 Å². The first-order valence-electron chi connectivity index (χ1n) is 11.1. The van der Waals surface area contributed by atoms with Gasteiger partial charge in [0.05, 0.1) is 29.5 Å². The van der Waals surface area contributed by atoms with Crippen LogP contribution in [0.1, 0.15) is 30.9 Å². The molecule has 1 aliphatic heterocycles. The number of nitrogens with zero attached hydrogens (tertiary/aromatic N) is 5. The normalized spacial score (nSPS) is 17.1. The molecule has 4 aromatic rings. The Bertz CT molecular complexity index is 1550. The molecule has 2 aromatic carbocycles. The highest BCUT2D eigenvalue weighted by atomic mass is 19.3. The van der Waals surface area contributed by atoms with E-state index in [0.29, 0.717) is 41.7 Å². The SMILES string of the molecule is CC(F)(F)C1(C#Cc2cccc3c2COCCN3c2nc3nncn3c3ccc(F)c(F)c23)CC1. The van der Waals surface area contributed by atoms with E-state index in [4.69, 9.17) is 4.74 Å². The highest BCUT2D eigenvalue weighted by Crippen LogP contribution is 2.56. The van der Waals surface area contributed by atoms with Crippen LogP contribution in [0.2, 0.25) is 0 Å². The van der Waals surface area contributed by atoms with Crippen molar-refractivity contribution in [1.82, 2.24) is 19.6 Å². The van der Waals surface area contributed by atoms with Gasteiger partial charge < -0.3 is 9.64 Å². The van der Waals surface area contributed by atoms with E-state index < -0.39 is 23.0 Å². The van der Waals surface area contributed by atoms with Crippen molar-refractivity contribution in [2.75, 3.05) is 18.1 Å². The Morgan fingerprint density at radius 1 is 1.14 bits per heavy atom. The lowest BCUT2D eigenvalue weighted by molar-refractivity contribution is -0.0294. The molecule has 3 heterocycles. The number of ether oxygens (including phenoxy) is 1. The molecular formula is C25H19F4N5O. The van der Waals surface area contributed by atoms with Gasteiger partial charge >= 0.3 is 0 Å². The second-order valence-electron chi connectivity index (χ2n) is 8.92. The van der Waals surface area contributed by atoms with Crippen LogP contribution in [0, 0.1) is 28.9 Å². The average molecular weight is 481 g/mol. The molecule has 0 N–H and O–H groups in total. The molecule has 1 aliphatic carbocycles. The van der Waals surface area contributed by atoms with Crippen LogP contribution >= 0.6 is 0 Å². The van der Waals surface area contributed by atoms with E-state index in [0.717, 1.165) is 13.0 Å². The molecule has 10 heteroatoms. The second kappa shape index (κ2) is 7.65. The summed E-state index contributed by atoms with van der Waals surface area (Å²) in [6.45, 7) is 1.66. The molecule has 0 unspecified atom stereocenters. The van der Waals surface area contributed by atoms with E-state index in [1.54, 1.807) is 23.1 Å². The highest BCUT2D eigenvalue weighted by molar-refractivity contribution is 5.94. The number of aromatic nitrogens is 4. The summed E-state index contributed by atoms with van der Waals surface area (Å²) in [7, 11) is 0. The molecule has 6 nitrogen and oxygen atoms in total. The van der Waals surface area contributed by atoms with Gasteiger partial charge in [-0.2, -0.15) is 4.98 Å². The maximum Gasteiger partial charge on any atom is 0.261 e. The molecule has 0 bridgehead atoms. The lowest BCUT2D eigenvalue weighted by Gasteiger charge is -2.25. The summed E-state index contributed by atoms with van der Waals surface area (Å²) >= 11 is 0. The fourth-order valence-corrected chi connectivity index (χ4v) is 4.53. The first-order valence-corrected chi connectivity index (χ1v) is 11.1. The van der Waals surface area contributed by atoms with Crippen molar-refractivity contribution < 1.29 is 22.3 Å². The Morgan fingerprint density at radius 3 is 2.74 bits per heavy atom. The Hall–Kier alpha value is -3.71. The van der Waals surface area contributed by atoms with E-state index in [1.165, 1.54) is 16.8 Å². The highest BCUT2D eigenvalue weighted by Gasteiger charge is 2.58. The third-order valence-electron chi connectivity index (χ3n) is 6.72. The molecule has 0 radical (unpaired) electrons. The van der Waals surface area contributed by atoms with Gasteiger partial charge in [-0.05, 0) is 37.1 Å². The summed E-state index contributed by atoms with van der Waals surface area (Å²) in [4.78, 5) is 6.24. The topological polar surface area (TPSA) is 55.5 Å². The standard InChI is InChI=1S/C25H19F4N5O/c1-24(28,29)25(9-10-25)8-7-15-3-2-4-18-16(15)13-35-12-11-33(18)22-20-19(6-5-17(26)21(20)27)34-14-30-32-23(34)31-22/h2-6,14H,9-13H2,1H3. The van der Waals surface area contributed by atoms with Crippen LogP contribution in [0.4, 0.5) is 29.1 Å². The molecule has 178 valence electrons. The minimum absolute atomic E-state index is 0.0239. The lowest BCUT2D eigenvalue weighted by atomic mass is 9.98. The van der Waals surface area contributed by atoms with Crippen LogP contribution in [-0.4, -0.2) is 38.7 Å². The minimum atomic E-state index is -2.90. The predicted molar refractivity (Wildman–Crippen MR) is 120 cm³/mol. The van der Waals surface area contributed by atoms with Gasteiger partial charge in [-0.25, -0.2) is 17.6 Å². The van der Waals surface area contributed by atoms with E-state index in [2.05, 4.69) is 27.0 Å². The van der Waals surface area contributed by atoms with Crippen molar-refractivity contribution in [3.63, 3.8) is 0 Å². The van der Waals surface area contributed by atoms with Crippen LogP contribution in [0.5, 0.6) is 0 Å². The zero-order chi connectivity index (χ0) is 24.4. The van der Waals surface area contributed by atoms with Gasteiger partial charge in [0.15, 0.2) is 11.6 Å². The molecule has 0 atom stereocenters. The quantitative estimate of drug-likeness (QED) is 0.298. The van der Waals surface area contributed by atoms with Gasteiger partial charge in [0.25, 0.3) is 11.7 Å². The summed E-state index contributed by atoms with van der Waals surface area (Å²) < 4.78 is 64.8. The average Bonchev–Trinajstić information content (AvgIpc) is 3.55. The number of fused-ring (bicyclic) bond motifs is 4. The monoisotopic (exact) mass is 481 g/mol. The molecule has 0 amide bonds. The first-order chi connectivity index (χ1) is 16.8. The van der Waals surface area contributed by atoms with Crippen LogP contribution in [-0.2, 0) is 11.3 Å². The molecule has 1 fully saturated rings. The predicted octanol–water partition coefficient (Wildman–Crippen LogP) is 5.01. The van der Waals surface area contributed by atoms with Gasteiger partial charge in [-0.1, -0.05) is 17.9 Å². The van der Waals surface area contributed by atoms with Crippen LogP contribution < -0.4 is 4.90 Å². The van der Waals surface area contributed by atoms with Crippen molar-refractivity contribution in [2.45, 2.75) is 32.3 Å². The maximum absolute atomic E-state index is 15.2. The van der Waals surface area contributed by atoms with Crippen molar-refractivity contribution in [3.05, 3.63) is 59.4 Å². The summed E-state index contributed by atoms with van der Waals surface area (Å²) in [5, 5.41) is 7.82. The Balaban J connectivity index is 1.55. The molecular weight excluding hydrogens is 462 g/mol. The molecule has 1 saturated carbocycles. The number of benzene rings is 2. The summed E-state index contributed by atoms with van der Waals surface area (Å²) in [5.41, 5.74) is 0.893. The summed E-state index contributed by atoms with van der Waals surface area (Å²) in [6.07, 6.45) is 2.08. The largest absolute Gasteiger partial charge is 0.375 e. The number of alkyl halides is 2. The molecule has 2 aromatic heterocycles. The van der Waals surface area contributed by atoms with E-state index in [9.17, 15) is 13.2 Å².